The van der Waals surface area contributed by atoms with Gasteiger partial charge in [0.15, 0.2) is 0 Å². The first-order valence-electron chi connectivity index (χ1n) is 5.67. The molecule has 0 amide bonds. The molecule has 0 spiro atoms. The zero-order valence-electron chi connectivity index (χ0n) is 10.4. The van der Waals surface area contributed by atoms with Gasteiger partial charge in [-0.05, 0) is 25.1 Å². The smallest absolute Gasteiger partial charge is 0.395 e. The molecule has 0 aliphatic heterocycles. The highest BCUT2D eigenvalue weighted by Crippen LogP contribution is 2.27. The Labute approximate surface area is 118 Å². The Balaban J connectivity index is 3.02. The van der Waals surface area contributed by atoms with Crippen molar-refractivity contribution in [1.82, 2.24) is 4.31 Å². The fourth-order valence-corrected chi connectivity index (χ4v) is 4.44. The van der Waals surface area contributed by atoms with Crippen molar-refractivity contribution in [2.45, 2.75) is 16.8 Å². The lowest BCUT2D eigenvalue weighted by Gasteiger charge is -2.21. The van der Waals surface area contributed by atoms with Crippen LogP contribution in [0.4, 0.5) is 13.2 Å². The zero-order valence-corrected chi connectivity index (χ0v) is 12.1. The number of aliphatic hydroxyl groups excluding tert-OH is 1. The molecule has 116 valence electrons. The summed E-state index contributed by atoms with van der Waals surface area (Å²) in [5, 5.41) is 8.75. The fraction of sp³-hybridized carbons (Fsp3) is 0.600. The Morgan fingerprint density at radius 1 is 1.35 bits per heavy atom. The van der Waals surface area contributed by atoms with Gasteiger partial charge < -0.3 is 10.8 Å². The maximum absolute atomic E-state index is 12.4. The summed E-state index contributed by atoms with van der Waals surface area (Å²) >= 11 is 0.886. The molecule has 0 saturated heterocycles. The van der Waals surface area contributed by atoms with Crippen LogP contribution in [-0.2, 0) is 16.4 Å². The second kappa shape index (κ2) is 6.85. The molecule has 10 heteroatoms. The second-order valence-corrected chi connectivity index (χ2v) is 7.27. The monoisotopic (exact) mass is 332 g/mol. The zero-order chi connectivity index (χ0) is 15.4. The van der Waals surface area contributed by atoms with Gasteiger partial charge in [0.1, 0.15) is 10.8 Å². The molecule has 0 radical (unpaired) electrons. The minimum atomic E-state index is -4.67. The van der Waals surface area contributed by atoms with E-state index in [0.717, 1.165) is 11.3 Å². The molecule has 0 unspecified atom stereocenters. The highest BCUT2D eigenvalue weighted by atomic mass is 32.2. The van der Waals surface area contributed by atoms with Crippen molar-refractivity contribution in [3.63, 3.8) is 0 Å². The van der Waals surface area contributed by atoms with Gasteiger partial charge in [0.05, 0.1) is 6.61 Å². The number of alkyl halides is 3. The van der Waals surface area contributed by atoms with Crippen molar-refractivity contribution < 1.29 is 26.7 Å². The Bertz CT molecular complexity index is 528. The highest BCUT2D eigenvalue weighted by molar-refractivity contribution is 7.91. The van der Waals surface area contributed by atoms with E-state index in [2.05, 4.69) is 0 Å². The Kier molecular flexibility index (Phi) is 5.95. The lowest BCUT2D eigenvalue weighted by molar-refractivity contribution is -0.136. The lowest BCUT2D eigenvalue weighted by atomic mass is 10.3. The first kappa shape index (κ1) is 17.4. The molecule has 5 nitrogen and oxygen atoms in total. The molecule has 0 aliphatic rings. The largest absolute Gasteiger partial charge is 0.402 e. The molecule has 0 bridgehead atoms. The number of hydrogen-bond acceptors (Lipinski definition) is 5. The number of hydrogen-bond donors (Lipinski definition) is 2. The van der Waals surface area contributed by atoms with Crippen LogP contribution in [-0.4, -0.2) is 50.2 Å². The first-order chi connectivity index (χ1) is 9.20. The molecule has 0 aromatic carbocycles. The second-order valence-electron chi connectivity index (χ2n) is 3.94. The number of nitrogens with two attached hydrogens (primary N) is 1. The maximum Gasteiger partial charge on any atom is 0.402 e. The topological polar surface area (TPSA) is 83.6 Å². The molecule has 3 N–H and O–H groups in total. The van der Waals surface area contributed by atoms with E-state index in [0.29, 0.717) is 17.8 Å². The van der Waals surface area contributed by atoms with Crippen LogP contribution >= 0.6 is 11.3 Å². The van der Waals surface area contributed by atoms with Gasteiger partial charge in [-0.3, -0.25) is 0 Å². The van der Waals surface area contributed by atoms with E-state index >= 15 is 0 Å². The SMILES string of the molecule is NCCc1ccc(S(=O)(=O)N(CCO)CC(F)(F)F)s1. The number of sulfonamides is 1. The molecular formula is C10H15F3N2O3S2. The molecule has 1 aromatic heterocycles. The molecule has 1 rings (SSSR count). The molecule has 0 fully saturated rings. The van der Waals surface area contributed by atoms with Gasteiger partial charge in [-0.2, -0.15) is 17.5 Å². The maximum atomic E-state index is 12.4. The van der Waals surface area contributed by atoms with Crippen LogP contribution < -0.4 is 5.73 Å². The van der Waals surface area contributed by atoms with E-state index in [4.69, 9.17) is 10.8 Å². The summed E-state index contributed by atoms with van der Waals surface area (Å²) in [5.41, 5.74) is 5.33. The Hall–Kier alpha value is -0.680. The minimum absolute atomic E-state index is 0.182. The van der Waals surface area contributed by atoms with E-state index in [1.54, 1.807) is 0 Å². The number of aliphatic hydroxyl groups is 1. The predicted octanol–water partition coefficient (Wildman–Crippen LogP) is 0.795. The quantitative estimate of drug-likeness (QED) is 0.773. The standard InChI is InChI=1S/C10H15F3N2O3S2/c11-10(12,13)7-15(5-6-16)20(17,18)9-2-1-8(19-9)3-4-14/h1-2,16H,3-7,14H2. The van der Waals surface area contributed by atoms with Gasteiger partial charge >= 0.3 is 6.18 Å². The predicted molar refractivity (Wildman–Crippen MR) is 69.0 cm³/mol. The summed E-state index contributed by atoms with van der Waals surface area (Å²) in [5.74, 6) is 0. The summed E-state index contributed by atoms with van der Waals surface area (Å²) in [6, 6.07) is 2.78. The van der Waals surface area contributed by atoms with Crippen LogP contribution in [0.3, 0.4) is 0 Å². The van der Waals surface area contributed by atoms with Gasteiger partial charge in [-0.1, -0.05) is 0 Å². The van der Waals surface area contributed by atoms with Crippen LogP contribution in [0.1, 0.15) is 4.88 Å². The summed E-state index contributed by atoms with van der Waals surface area (Å²) < 4.78 is 61.5. The third-order valence-corrected chi connectivity index (χ3v) is 5.78. The molecule has 0 aliphatic carbocycles. The Morgan fingerprint density at radius 2 is 2.00 bits per heavy atom. The number of rotatable bonds is 7. The molecular weight excluding hydrogens is 317 g/mol. The van der Waals surface area contributed by atoms with Gasteiger partial charge in [-0.25, -0.2) is 8.42 Å². The summed E-state index contributed by atoms with van der Waals surface area (Å²) in [6.45, 7) is -2.59. The summed E-state index contributed by atoms with van der Waals surface area (Å²) in [6.07, 6.45) is -4.21. The van der Waals surface area contributed by atoms with Crippen molar-refractivity contribution in [3.05, 3.63) is 17.0 Å². The van der Waals surface area contributed by atoms with Crippen molar-refractivity contribution in [2.24, 2.45) is 5.73 Å². The van der Waals surface area contributed by atoms with E-state index in [1.165, 1.54) is 12.1 Å². The lowest BCUT2D eigenvalue weighted by Crippen LogP contribution is -2.40. The molecule has 0 atom stereocenters. The van der Waals surface area contributed by atoms with Crippen molar-refractivity contribution >= 4 is 21.4 Å². The average Bonchev–Trinajstić information content (AvgIpc) is 2.76. The molecule has 20 heavy (non-hydrogen) atoms. The van der Waals surface area contributed by atoms with Crippen molar-refractivity contribution in [1.29, 1.82) is 0 Å². The number of thiophene rings is 1. The van der Waals surface area contributed by atoms with Gasteiger partial charge in [0, 0.05) is 11.4 Å². The minimum Gasteiger partial charge on any atom is -0.395 e. The first-order valence-corrected chi connectivity index (χ1v) is 7.93. The number of nitrogens with zero attached hydrogens (tertiary/aromatic N) is 1. The van der Waals surface area contributed by atoms with Crippen LogP contribution in [0.2, 0.25) is 0 Å². The third-order valence-electron chi connectivity index (χ3n) is 2.33. The van der Waals surface area contributed by atoms with E-state index in [1.807, 2.05) is 0 Å². The summed E-state index contributed by atoms with van der Waals surface area (Å²) in [4.78, 5) is 0.682. The highest BCUT2D eigenvalue weighted by Gasteiger charge is 2.37. The van der Waals surface area contributed by atoms with Crippen molar-refractivity contribution in [2.75, 3.05) is 26.2 Å². The molecule has 0 saturated carbocycles. The van der Waals surface area contributed by atoms with E-state index in [-0.39, 0.29) is 8.51 Å². The van der Waals surface area contributed by atoms with Crippen LogP contribution in [0.15, 0.2) is 16.3 Å². The summed E-state index contributed by atoms with van der Waals surface area (Å²) in [7, 11) is -4.26. The van der Waals surface area contributed by atoms with Crippen molar-refractivity contribution in [3.8, 4) is 0 Å². The Morgan fingerprint density at radius 3 is 2.50 bits per heavy atom. The third kappa shape index (κ3) is 4.70. The van der Waals surface area contributed by atoms with Gasteiger partial charge in [0.25, 0.3) is 10.0 Å². The van der Waals surface area contributed by atoms with Crippen LogP contribution in [0, 0.1) is 0 Å². The molecule has 1 heterocycles. The van der Waals surface area contributed by atoms with E-state index < -0.39 is 35.9 Å². The van der Waals surface area contributed by atoms with E-state index in [9.17, 15) is 21.6 Å². The van der Waals surface area contributed by atoms with Crippen LogP contribution in [0.5, 0.6) is 0 Å². The van der Waals surface area contributed by atoms with Gasteiger partial charge in [0.2, 0.25) is 0 Å². The van der Waals surface area contributed by atoms with Gasteiger partial charge in [-0.15, -0.1) is 11.3 Å². The fourth-order valence-electron chi connectivity index (χ4n) is 1.50. The normalized spacial score (nSPS) is 13.1. The average molecular weight is 332 g/mol. The molecule has 1 aromatic rings. The number of halogens is 3. The van der Waals surface area contributed by atoms with Crippen LogP contribution in [0.25, 0.3) is 0 Å².